The zero-order valence-corrected chi connectivity index (χ0v) is 52.0. The van der Waals surface area contributed by atoms with E-state index in [4.69, 9.17) is 19.4 Å². The lowest BCUT2D eigenvalue weighted by Gasteiger charge is -2.35. The molecule has 8 rings (SSSR count). The van der Waals surface area contributed by atoms with Gasteiger partial charge in [0.15, 0.2) is 11.5 Å². The number of rotatable bonds is 31. The number of nitrogens with zero attached hydrogens (tertiary/aromatic N) is 7. The second kappa shape index (κ2) is 31.7. The average molecular weight is 1200 g/mol. The molecule has 468 valence electrons. The SMILES string of the molecule is COc1cc2c(NC3CCN(CCCC(=O)NCCCCCCCCCCCC(=O)N[C@H](C(=O)N4C[C@@H](O)C[C@@H]4C(=O)NCc4ccc(-c5scnc5C)cc4)C(C)(C)C)CC3)nc(N3CCC(F)(F)CC3)nc2cc1OCCCN1CCCC1. The van der Waals surface area contributed by atoms with Gasteiger partial charge in [-0.05, 0) is 101 Å². The quantitative estimate of drug-likeness (QED) is 0.0298. The van der Waals surface area contributed by atoms with Crippen molar-refractivity contribution in [1.82, 2.24) is 45.6 Å². The molecule has 2 aromatic heterocycles. The number of hydrogen-bond acceptors (Lipinski definition) is 15. The molecular weight excluding hydrogens is 1100 g/mol. The van der Waals surface area contributed by atoms with E-state index in [1.807, 2.05) is 74.5 Å². The number of anilines is 2. The van der Waals surface area contributed by atoms with Crippen molar-refractivity contribution >= 4 is 57.6 Å². The lowest BCUT2D eigenvalue weighted by molar-refractivity contribution is -0.144. The smallest absolute Gasteiger partial charge is 0.251 e. The number of aliphatic hydroxyl groups excluding tert-OH is 1. The van der Waals surface area contributed by atoms with Gasteiger partial charge in [-0.2, -0.15) is 4.98 Å². The number of likely N-dealkylation sites (tertiary alicyclic amines) is 3. The van der Waals surface area contributed by atoms with Gasteiger partial charge >= 0.3 is 0 Å². The van der Waals surface area contributed by atoms with E-state index in [-0.39, 0.29) is 75.1 Å². The summed E-state index contributed by atoms with van der Waals surface area (Å²) in [6.07, 6.45) is 14.8. The van der Waals surface area contributed by atoms with Gasteiger partial charge in [0.05, 0.1) is 41.4 Å². The number of alkyl halides is 2. The minimum atomic E-state index is -2.68. The van der Waals surface area contributed by atoms with Crippen molar-refractivity contribution in [3.63, 3.8) is 0 Å². The number of nitrogens with one attached hydrogen (secondary N) is 4. The normalized spacial score (nSPS) is 19.1. The number of methoxy groups -OCH3 is 1. The molecule has 0 unspecified atom stereocenters. The van der Waals surface area contributed by atoms with E-state index in [0.717, 1.165) is 150 Å². The number of amides is 4. The molecule has 6 heterocycles. The summed E-state index contributed by atoms with van der Waals surface area (Å²) in [6, 6.07) is 10.2. The molecule has 0 saturated carbocycles. The molecular formula is C64H95F2N11O7S. The van der Waals surface area contributed by atoms with Gasteiger partial charge in [-0.3, -0.25) is 19.2 Å². The molecule has 4 aliphatic rings. The second-order valence-corrected chi connectivity index (χ2v) is 25.9. The fraction of sp³-hybridized carbons (Fsp3) is 0.672. The standard InChI is InChI=1S/C64H95F2N11O7S/c1-45-57(85-44-69-45)47-23-21-46(22-24-47)42-68-60(81)52-39-49(78)43-77(52)61(82)58(63(2,3)4)72-56(80)19-13-11-9-7-6-8-10-12-14-29-67-55(79)20-17-32-75-34-25-48(26-35-75)70-59-50-40-53(83-5)54(84-38-18-33-74-30-15-16-31-74)41-51(50)71-62(73-59)76-36-27-64(65,66)28-37-76/h21-24,40-41,44,48-49,52,58,78H,6-20,25-39,42-43H2,1-5H3,(H,67,79)(H,68,81)(H,72,80)(H,70,71,73)/t49-,52+,58+/m0/s1. The Morgan fingerprint density at radius 2 is 1.46 bits per heavy atom. The third-order valence-corrected chi connectivity index (χ3v) is 18.2. The molecule has 85 heavy (non-hydrogen) atoms. The number of unbranched alkanes of at least 4 members (excludes halogenated alkanes) is 8. The summed E-state index contributed by atoms with van der Waals surface area (Å²) in [5.41, 5.74) is 4.84. The molecule has 3 atom stereocenters. The summed E-state index contributed by atoms with van der Waals surface area (Å²) in [5.74, 6) is -1.15. The predicted octanol–water partition coefficient (Wildman–Crippen LogP) is 9.65. The molecule has 4 aliphatic heterocycles. The highest BCUT2D eigenvalue weighted by molar-refractivity contribution is 7.13. The minimum Gasteiger partial charge on any atom is -0.493 e. The van der Waals surface area contributed by atoms with Crippen LogP contribution in [0.25, 0.3) is 21.3 Å². The topological polar surface area (TPSA) is 207 Å². The van der Waals surface area contributed by atoms with Crippen molar-refractivity contribution in [2.24, 2.45) is 5.41 Å². The number of aliphatic hydroxyl groups is 1. The number of fused-ring (bicyclic) bond motifs is 1. The zero-order valence-electron chi connectivity index (χ0n) is 51.2. The number of benzene rings is 2. The molecule has 21 heteroatoms. The van der Waals surface area contributed by atoms with Gasteiger partial charge in [-0.15, -0.1) is 11.3 Å². The molecule has 0 radical (unpaired) electrons. The third-order valence-electron chi connectivity index (χ3n) is 17.2. The summed E-state index contributed by atoms with van der Waals surface area (Å²) in [7, 11) is 1.63. The Hall–Kier alpha value is -5.77. The fourth-order valence-corrected chi connectivity index (χ4v) is 12.9. The van der Waals surface area contributed by atoms with Crippen LogP contribution in [0, 0.1) is 12.3 Å². The van der Waals surface area contributed by atoms with E-state index in [1.165, 1.54) is 17.7 Å². The maximum absolute atomic E-state index is 14.2. The molecule has 4 fully saturated rings. The summed E-state index contributed by atoms with van der Waals surface area (Å²) >= 11 is 1.58. The maximum Gasteiger partial charge on any atom is 0.251 e. The Labute approximate surface area is 506 Å². The van der Waals surface area contributed by atoms with Gasteiger partial charge in [-0.25, -0.2) is 18.7 Å². The van der Waals surface area contributed by atoms with Crippen LogP contribution in [0.15, 0.2) is 41.9 Å². The molecule has 0 spiro atoms. The van der Waals surface area contributed by atoms with Crippen LogP contribution in [0.5, 0.6) is 11.5 Å². The van der Waals surface area contributed by atoms with Crippen LogP contribution >= 0.6 is 11.3 Å². The van der Waals surface area contributed by atoms with Gasteiger partial charge < -0.3 is 55.4 Å². The van der Waals surface area contributed by atoms with Gasteiger partial charge in [-0.1, -0.05) is 90.0 Å². The predicted molar refractivity (Wildman–Crippen MR) is 331 cm³/mol. The van der Waals surface area contributed by atoms with Gasteiger partial charge in [0, 0.05) is 102 Å². The lowest BCUT2D eigenvalue weighted by Crippen LogP contribution is -2.57. The van der Waals surface area contributed by atoms with Crippen molar-refractivity contribution in [2.75, 3.05) is 89.4 Å². The number of ether oxygens (including phenoxy) is 2. The number of carbonyl (C=O) groups excluding carboxylic acids is 4. The zero-order chi connectivity index (χ0) is 60.3. The first kappa shape index (κ1) is 65.2. The highest BCUT2D eigenvalue weighted by Gasteiger charge is 2.44. The number of carbonyl (C=O) groups is 4. The van der Waals surface area contributed by atoms with E-state index in [0.29, 0.717) is 54.8 Å². The molecule has 0 bridgehead atoms. The third kappa shape index (κ3) is 19.6. The fourth-order valence-electron chi connectivity index (χ4n) is 12.1. The highest BCUT2D eigenvalue weighted by Crippen LogP contribution is 2.38. The molecule has 18 nitrogen and oxygen atoms in total. The number of hydrogen-bond donors (Lipinski definition) is 5. The summed E-state index contributed by atoms with van der Waals surface area (Å²) in [4.78, 5) is 77.0. The van der Waals surface area contributed by atoms with Crippen molar-refractivity contribution in [3.8, 4) is 21.9 Å². The Bertz CT molecular complexity index is 2780. The van der Waals surface area contributed by atoms with Crippen LogP contribution < -0.4 is 35.6 Å². The van der Waals surface area contributed by atoms with Crippen LogP contribution in [0.4, 0.5) is 20.5 Å². The van der Waals surface area contributed by atoms with Crippen LogP contribution in [0.3, 0.4) is 0 Å². The Morgan fingerprint density at radius 1 is 0.800 bits per heavy atom. The Morgan fingerprint density at radius 3 is 2.13 bits per heavy atom. The van der Waals surface area contributed by atoms with Crippen molar-refractivity contribution in [3.05, 3.63) is 53.2 Å². The number of piperidine rings is 2. The van der Waals surface area contributed by atoms with Gasteiger partial charge in [0.1, 0.15) is 17.9 Å². The second-order valence-electron chi connectivity index (χ2n) is 25.1. The molecule has 2 aromatic carbocycles. The van der Waals surface area contributed by atoms with Crippen molar-refractivity contribution in [1.29, 1.82) is 0 Å². The van der Waals surface area contributed by atoms with E-state index in [2.05, 4.69) is 36.1 Å². The Kier molecular flexibility index (Phi) is 24.4. The number of aryl methyl sites for hydroxylation is 1. The number of halogens is 2. The van der Waals surface area contributed by atoms with Gasteiger partial charge in [0.2, 0.25) is 29.6 Å². The van der Waals surface area contributed by atoms with E-state index < -0.39 is 29.5 Å². The molecule has 4 aromatic rings. The van der Waals surface area contributed by atoms with Crippen LogP contribution in [-0.4, -0.2) is 168 Å². The number of thiazole rings is 1. The lowest BCUT2D eigenvalue weighted by atomic mass is 9.85. The minimum absolute atomic E-state index is 0.0313. The summed E-state index contributed by atoms with van der Waals surface area (Å²) < 4.78 is 40.4. The summed E-state index contributed by atoms with van der Waals surface area (Å²) in [6.45, 7) is 15.5. The molecule has 4 saturated heterocycles. The molecule has 4 amide bonds. The van der Waals surface area contributed by atoms with Crippen LogP contribution in [0.1, 0.15) is 160 Å². The van der Waals surface area contributed by atoms with Gasteiger partial charge in [0.25, 0.3) is 5.92 Å². The first-order valence-electron chi connectivity index (χ1n) is 31.6. The largest absolute Gasteiger partial charge is 0.493 e. The molecule has 0 aliphatic carbocycles. The summed E-state index contributed by atoms with van der Waals surface area (Å²) in [5, 5.41) is 24.2. The van der Waals surface area contributed by atoms with Crippen LogP contribution in [-0.2, 0) is 25.7 Å². The molecule has 5 N–H and O–H groups in total. The maximum atomic E-state index is 14.2. The highest BCUT2D eigenvalue weighted by atomic mass is 32.1. The van der Waals surface area contributed by atoms with E-state index in [1.54, 1.807) is 18.4 Å². The van der Waals surface area contributed by atoms with E-state index >= 15 is 0 Å². The first-order chi connectivity index (χ1) is 40.9. The average Bonchev–Trinajstić information content (AvgIpc) is 4.49. The van der Waals surface area contributed by atoms with Crippen LogP contribution in [0.2, 0.25) is 0 Å². The number of β-amino-alcohol motifs (C(OH)–C–C–N with tert-alkyl or cyclic N) is 1. The first-order valence-corrected chi connectivity index (χ1v) is 32.5. The Balaban J connectivity index is 0.660. The monoisotopic (exact) mass is 1200 g/mol. The van der Waals surface area contributed by atoms with Crippen molar-refractivity contribution in [2.45, 2.75) is 193 Å². The van der Waals surface area contributed by atoms with E-state index in [9.17, 15) is 33.1 Å². The number of aromatic nitrogens is 3. The van der Waals surface area contributed by atoms with Crippen molar-refractivity contribution < 1.29 is 42.5 Å².